The fourth-order valence-corrected chi connectivity index (χ4v) is 2.99. The summed E-state index contributed by atoms with van der Waals surface area (Å²) in [5, 5.41) is 4.78. The molecule has 2 aromatic heterocycles. The van der Waals surface area contributed by atoms with Crippen LogP contribution in [0.4, 0.5) is 5.00 Å². The van der Waals surface area contributed by atoms with Gasteiger partial charge in [0.05, 0.1) is 22.6 Å². The summed E-state index contributed by atoms with van der Waals surface area (Å²) >= 11 is 1.44. The van der Waals surface area contributed by atoms with Crippen LogP contribution < -0.4 is 10.5 Å². The average Bonchev–Trinajstić information content (AvgIpc) is 3.05. The predicted molar refractivity (Wildman–Crippen MR) is 83.5 cm³/mol. The number of thiophene rings is 1. The van der Waals surface area contributed by atoms with Crippen molar-refractivity contribution < 1.29 is 9.26 Å². The van der Waals surface area contributed by atoms with Crippen LogP contribution in [0.3, 0.4) is 0 Å². The molecular weight excluding hydrogens is 286 g/mol. The van der Waals surface area contributed by atoms with Gasteiger partial charge in [-0.3, -0.25) is 0 Å². The van der Waals surface area contributed by atoms with Gasteiger partial charge in [-0.15, -0.1) is 11.3 Å². The summed E-state index contributed by atoms with van der Waals surface area (Å²) in [5.74, 6) is 1.71. The molecule has 3 aromatic rings. The Kier molecular flexibility index (Phi) is 3.39. The second kappa shape index (κ2) is 5.21. The van der Waals surface area contributed by atoms with E-state index in [0.29, 0.717) is 11.7 Å². The molecule has 5 nitrogen and oxygen atoms in total. The predicted octanol–water partition coefficient (Wildman–Crippen LogP) is 3.67. The van der Waals surface area contributed by atoms with Crippen LogP contribution in [0.5, 0.6) is 5.75 Å². The first-order valence-corrected chi connectivity index (χ1v) is 7.25. The van der Waals surface area contributed by atoms with E-state index in [1.807, 2.05) is 38.1 Å². The summed E-state index contributed by atoms with van der Waals surface area (Å²) in [6, 6.07) is 7.76. The van der Waals surface area contributed by atoms with Crippen LogP contribution in [0, 0.1) is 13.8 Å². The van der Waals surface area contributed by atoms with Crippen molar-refractivity contribution in [1.82, 2.24) is 10.1 Å². The molecule has 2 heterocycles. The zero-order chi connectivity index (χ0) is 15.0. The van der Waals surface area contributed by atoms with Gasteiger partial charge in [0.25, 0.3) is 5.89 Å². The number of hydrogen-bond acceptors (Lipinski definition) is 6. The molecule has 0 radical (unpaired) electrons. The molecule has 1 aromatic carbocycles. The third kappa shape index (κ3) is 2.50. The van der Waals surface area contributed by atoms with Crippen LogP contribution in [0.2, 0.25) is 0 Å². The number of rotatable bonds is 3. The van der Waals surface area contributed by atoms with Crippen molar-refractivity contribution in [3.63, 3.8) is 0 Å². The van der Waals surface area contributed by atoms with Crippen LogP contribution in [-0.4, -0.2) is 17.3 Å². The first kappa shape index (κ1) is 13.6. The van der Waals surface area contributed by atoms with Crippen LogP contribution >= 0.6 is 11.3 Å². The van der Waals surface area contributed by atoms with Gasteiger partial charge in [0.1, 0.15) is 5.75 Å². The first-order chi connectivity index (χ1) is 10.1. The van der Waals surface area contributed by atoms with Crippen LogP contribution in [0.25, 0.3) is 22.2 Å². The number of methoxy groups -OCH3 is 1. The van der Waals surface area contributed by atoms with Gasteiger partial charge < -0.3 is 15.0 Å². The molecule has 0 unspecified atom stereocenters. The highest BCUT2D eigenvalue weighted by Crippen LogP contribution is 2.35. The molecule has 0 aliphatic heterocycles. The smallest absolute Gasteiger partial charge is 0.268 e. The standard InChI is InChI=1S/C15H15N3O2S/c1-8-4-5-10(11(6-8)19-3)14-17-15(20-18-14)13-9(2)7-12(16)21-13/h4-7H,16H2,1-3H3. The van der Waals surface area contributed by atoms with Gasteiger partial charge in [0.15, 0.2) is 0 Å². The second-order valence-electron chi connectivity index (χ2n) is 4.79. The van der Waals surface area contributed by atoms with E-state index >= 15 is 0 Å². The number of nitrogens with zero attached hydrogens (tertiary/aromatic N) is 2. The quantitative estimate of drug-likeness (QED) is 0.799. The van der Waals surface area contributed by atoms with Crippen molar-refractivity contribution in [1.29, 1.82) is 0 Å². The molecule has 3 rings (SSSR count). The molecule has 2 N–H and O–H groups in total. The van der Waals surface area contributed by atoms with Gasteiger partial charge in [-0.25, -0.2) is 0 Å². The number of nitrogens with two attached hydrogens (primary N) is 1. The average molecular weight is 301 g/mol. The third-order valence-electron chi connectivity index (χ3n) is 3.16. The summed E-state index contributed by atoms with van der Waals surface area (Å²) in [4.78, 5) is 5.36. The molecule has 0 aliphatic rings. The molecule has 0 bridgehead atoms. The molecule has 0 saturated heterocycles. The van der Waals surface area contributed by atoms with Crippen molar-refractivity contribution in [3.8, 4) is 27.9 Å². The lowest BCUT2D eigenvalue weighted by molar-refractivity contribution is 0.413. The van der Waals surface area contributed by atoms with Crippen molar-refractivity contribution >= 4 is 16.3 Å². The Labute approximate surface area is 126 Å². The Morgan fingerprint density at radius 1 is 1.24 bits per heavy atom. The largest absolute Gasteiger partial charge is 0.496 e. The van der Waals surface area contributed by atoms with Crippen LogP contribution in [-0.2, 0) is 0 Å². The van der Waals surface area contributed by atoms with Crippen LogP contribution in [0.1, 0.15) is 11.1 Å². The van der Waals surface area contributed by atoms with Gasteiger partial charge in [-0.05, 0) is 43.2 Å². The molecule has 6 heteroatoms. The van der Waals surface area contributed by atoms with E-state index in [-0.39, 0.29) is 0 Å². The number of aryl methyl sites for hydroxylation is 2. The Bertz CT molecular complexity index is 792. The Morgan fingerprint density at radius 2 is 2.05 bits per heavy atom. The van der Waals surface area contributed by atoms with Crippen LogP contribution in [0.15, 0.2) is 28.8 Å². The fourth-order valence-electron chi connectivity index (χ4n) is 2.13. The van der Waals surface area contributed by atoms with Gasteiger partial charge >= 0.3 is 0 Å². The maximum absolute atomic E-state index is 5.81. The van der Waals surface area contributed by atoms with Gasteiger partial charge in [-0.2, -0.15) is 4.98 Å². The highest BCUT2D eigenvalue weighted by Gasteiger charge is 2.17. The molecule has 108 valence electrons. The molecule has 0 fully saturated rings. The molecule has 0 saturated carbocycles. The van der Waals surface area contributed by atoms with Crippen molar-refractivity contribution in [2.75, 3.05) is 12.8 Å². The Morgan fingerprint density at radius 3 is 2.71 bits per heavy atom. The topological polar surface area (TPSA) is 74.2 Å². The normalized spacial score (nSPS) is 10.8. The van der Waals surface area contributed by atoms with E-state index in [1.165, 1.54) is 11.3 Å². The molecular formula is C15H15N3O2S. The summed E-state index contributed by atoms with van der Waals surface area (Å²) in [5.41, 5.74) is 8.75. The van der Waals surface area contributed by atoms with E-state index in [2.05, 4.69) is 10.1 Å². The maximum atomic E-state index is 5.81. The van der Waals surface area contributed by atoms with Crippen molar-refractivity contribution in [2.45, 2.75) is 13.8 Å². The number of anilines is 1. The second-order valence-corrected chi connectivity index (χ2v) is 5.87. The molecule has 0 spiro atoms. The number of ether oxygens (including phenoxy) is 1. The highest BCUT2D eigenvalue weighted by atomic mass is 32.1. The minimum Gasteiger partial charge on any atom is -0.496 e. The van der Waals surface area contributed by atoms with E-state index in [0.717, 1.165) is 32.3 Å². The molecule has 21 heavy (non-hydrogen) atoms. The number of hydrogen-bond donors (Lipinski definition) is 1. The minimum atomic E-state index is 0.479. The van der Waals surface area contributed by atoms with Crippen molar-refractivity contribution in [2.24, 2.45) is 0 Å². The third-order valence-corrected chi connectivity index (χ3v) is 4.21. The highest BCUT2D eigenvalue weighted by molar-refractivity contribution is 7.19. The number of benzene rings is 1. The minimum absolute atomic E-state index is 0.479. The Balaban J connectivity index is 2.04. The lowest BCUT2D eigenvalue weighted by Crippen LogP contribution is -1.90. The molecule has 0 atom stereocenters. The lowest BCUT2D eigenvalue weighted by Gasteiger charge is -2.05. The fraction of sp³-hybridized carbons (Fsp3) is 0.200. The summed E-state index contributed by atoms with van der Waals surface area (Å²) < 4.78 is 10.8. The maximum Gasteiger partial charge on any atom is 0.268 e. The van der Waals surface area contributed by atoms with E-state index < -0.39 is 0 Å². The zero-order valence-corrected chi connectivity index (χ0v) is 12.8. The number of nitrogen functional groups attached to an aromatic ring is 1. The van der Waals surface area contributed by atoms with Gasteiger partial charge in [0.2, 0.25) is 5.82 Å². The lowest BCUT2D eigenvalue weighted by atomic mass is 10.1. The van der Waals surface area contributed by atoms with Gasteiger partial charge in [0, 0.05) is 0 Å². The van der Waals surface area contributed by atoms with E-state index in [1.54, 1.807) is 7.11 Å². The Hall–Kier alpha value is -2.34. The van der Waals surface area contributed by atoms with E-state index in [4.69, 9.17) is 15.0 Å². The summed E-state index contributed by atoms with van der Waals surface area (Å²) in [6.07, 6.45) is 0. The monoisotopic (exact) mass is 301 g/mol. The summed E-state index contributed by atoms with van der Waals surface area (Å²) in [6.45, 7) is 3.98. The van der Waals surface area contributed by atoms with Crippen molar-refractivity contribution in [3.05, 3.63) is 35.4 Å². The van der Waals surface area contributed by atoms with E-state index in [9.17, 15) is 0 Å². The van der Waals surface area contributed by atoms with Gasteiger partial charge in [-0.1, -0.05) is 11.2 Å². The first-order valence-electron chi connectivity index (χ1n) is 6.43. The summed E-state index contributed by atoms with van der Waals surface area (Å²) in [7, 11) is 1.63. The molecule has 0 aliphatic carbocycles. The zero-order valence-electron chi connectivity index (χ0n) is 12.0. The molecule has 0 amide bonds. The SMILES string of the molecule is COc1cc(C)ccc1-c1noc(-c2sc(N)cc2C)n1. The number of aromatic nitrogens is 2.